The molecule has 0 saturated heterocycles. The van der Waals surface area contributed by atoms with Gasteiger partial charge in [-0.05, 0) is 43.3 Å². The predicted molar refractivity (Wildman–Crippen MR) is 107 cm³/mol. The second-order valence-corrected chi connectivity index (χ2v) is 6.36. The summed E-state index contributed by atoms with van der Waals surface area (Å²) in [5.41, 5.74) is 1.10. The minimum Gasteiger partial charge on any atom is -0.451 e. The van der Waals surface area contributed by atoms with Crippen molar-refractivity contribution in [1.82, 2.24) is 10.3 Å². The number of anilines is 2. The molecule has 0 bridgehead atoms. The Morgan fingerprint density at radius 3 is 2.28 bits per heavy atom. The molecule has 1 heterocycles. The number of nitrogens with zero attached hydrogens (tertiary/aromatic N) is 1. The minimum atomic E-state index is -1.08. The highest BCUT2D eigenvalue weighted by Crippen LogP contribution is 2.14. The Kier molecular flexibility index (Phi) is 7.67. The van der Waals surface area contributed by atoms with Crippen LogP contribution < -0.4 is 16.0 Å². The number of hydrogen-bond donors (Lipinski definition) is 3. The molecular weight excluding hydrogens is 400 g/mol. The monoisotopic (exact) mass is 418 g/mol. The summed E-state index contributed by atoms with van der Waals surface area (Å²) in [6.07, 6.45) is 0.281. The number of carbonyl (C=O) groups is 4. The fraction of sp³-hybridized carbons (Fsp3) is 0.211. The Hall–Kier alpha value is -3.46. The molecule has 10 heteroatoms. The Morgan fingerprint density at radius 2 is 1.69 bits per heavy atom. The second-order valence-electron chi connectivity index (χ2n) is 5.92. The molecule has 0 spiro atoms. The highest BCUT2D eigenvalue weighted by atomic mass is 35.5. The van der Waals surface area contributed by atoms with Crippen molar-refractivity contribution >= 4 is 46.7 Å². The van der Waals surface area contributed by atoms with Crippen LogP contribution in [0.3, 0.4) is 0 Å². The van der Waals surface area contributed by atoms with Crippen molar-refractivity contribution < 1.29 is 23.9 Å². The van der Waals surface area contributed by atoms with Gasteiger partial charge in [-0.25, -0.2) is 0 Å². The van der Waals surface area contributed by atoms with Crippen LogP contribution in [0.1, 0.15) is 24.3 Å². The van der Waals surface area contributed by atoms with E-state index in [2.05, 4.69) is 20.9 Å². The summed E-state index contributed by atoms with van der Waals surface area (Å²) in [5, 5.41) is 7.87. The van der Waals surface area contributed by atoms with E-state index >= 15 is 0 Å². The number of esters is 1. The van der Waals surface area contributed by atoms with Crippen LogP contribution in [0.5, 0.6) is 0 Å². The maximum Gasteiger partial charge on any atom is 0.326 e. The summed E-state index contributed by atoms with van der Waals surface area (Å²) in [4.78, 5) is 50.7. The van der Waals surface area contributed by atoms with Crippen LogP contribution in [-0.4, -0.2) is 41.3 Å². The highest BCUT2D eigenvalue weighted by molar-refractivity contribution is 6.30. The van der Waals surface area contributed by atoms with E-state index in [4.69, 9.17) is 16.3 Å². The summed E-state index contributed by atoms with van der Waals surface area (Å²) in [5.74, 6) is -2.14. The standard InChI is InChI=1S/C19H19ClN4O5/c1-11(18(27)24-15-5-3-14(4-6-15)23-12(2)25)29-17(26)10-22-19(28)16-9-13(20)7-8-21-16/h3-9,11H,10H2,1-2H3,(H,22,28)(H,23,25)(H,24,27)/t11-/m1/s1. The van der Waals surface area contributed by atoms with E-state index < -0.39 is 30.4 Å². The van der Waals surface area contributed by atoms with E-state index in [1.807, 2.05) is 0 Å². The molecule has 1 aromatic carbocycles. The molecular formula is C19H19ClN4O5. The number of rotatable bonds is 7. The summed E-state index contributed by atoms with van der Waals surface area (Å²) in [6, 6.07) is 9.29. The summed E-state index contributed by atoms with van der Waals surface area (Å²) >= 11 is 5.78. The van der Waals surface area contributed by atoms with Gasteiger partial charge >= 0.3 is 5.97 Å². The van der Waals surface area contributed by atoms with E-state index in [1.165, 1.54) is 32.2 Å². The molecule has 0 unspecified atom stereocenters. The van der Waals surface area contributed by atoms with Gasteiger partial charge in [-0.2, -0.15) is 0 Å². The smallest absolute Gasteiger partial charge is 0.326 e. The van der Waals surface area contributed by atoms with E-state index in [0.29, 0.717) is 16.4 Å². The lowest BCUT2D eigenvalue weighted by molar-refractivity contribution is -0.152. The molecule has 9 nitrogen and oxygen atoms in total. The molecule has 0 aliphatic rings. The van der Waals surface area contributed by atoms with Crippen LogP contribution >= 0.6 is 11.6 Å². The number of pyridine rings is 1. The zero-order valence-electron chi connectivity index (χ0n) is 15.7. The van der Waals surface area contributed by atoms with Gasteiger partial charge in [0.2, 0.25) is 5.91 Å². The molecule has 1 aromatic heterocycles. The summed E-state index contributed by atoms with van der Waals surface area (Å²) in [6.45, 7) is 2.36. The third-order valence-electron chi connectivity index (χ3n) is 3.50. The lowest BCUT2D eigenvalue weighted by Crippen LogP contribution is -2.36. The zero-order valence-corrected chi connectivity index (χ0v) is 16.4. The maximum atomic E-state index is 12.1. The normalized spacial score (nSPS) is 11.1. The first-order valence-electron chi connectivity index (χ1n) is 8.52. The first-order valence-corrected chi connectivity index (χ1v) is 8.90. The van der Waals surface area contributed by atoms with E-state index in [0.717, 1.165) is 0 Å². The van der Waals surface area contributed by atoms with E-state index in [9.17, 15) is 19.2 Å². The van der Waals surface area contributed by atoms with Crippen molar-refractivity contribution in [3.8, 4) is 0 Å². The Bertz CT molecular complexity index is 917. The molecule has 0 radical (unpaired) electrons. The molecule has 152 valence electrons. The van der Waals surface area contributed by atoms with E-state index in [1.54, 1.807) is 24.3 Å². The van der Waals surface area contributed by atoms with E-state index in [-0.39, 0.29) is 11.6 Å². The van der Waals surface area contributed by atoms with Crippen LogP contribution in [0.15, 0.2) is 42.6 Å². The number of aromatic nitrogens is 1. The molecule has 0 saturated carbocycles. The SMILES string of the molecule is CC(=O)Nc1ccc(NC(=O)[C@@H](C)OC(=O)CNC(=O)c2cc(Cl)ccn2)cc1. The van der Waals surface area contributed by atoms with Gasteiger partial charge in [0, 0.05) is 29.5 Å². The van der Waals surface area contributed by atoms with Gasteiger partial charge in [-0.15, -0.1) is 0 Å². The maximum absolute atomic E-state index is 12.1. The summed E-state index contributed by atoms with van der Waals surface area (Å²) in [7, 11) is 0. The van der Waals surface area contributed by atoms with Crippen LogP contribution in [0.2, 0.25) is 5.02 Å². The Balaban J connectivity index is 1.80. The lowest BCUT2D eigenvalue weighted by Gasteiger charge is -2.14. The molecule has 2 aromatic rings. The Labute approximate surface area is 171 Å². The average Bonchev–Trinajstić information content (AvgIpc) is 2.67. The van der Waals surface area contributed by atoms with Crippen molar-refractivity contribution in [1.29, 1.82) is 0 Å². The van der Waals surface area contributed by atoms with Gasteiger partial charge in [0.25, 0.3) is 11.8 Å². The van der Waals surface area contributed by atoms with Crippen LogP contribution in [0.4, 0.5) is 11.4 Å². The van der Waals surface area contributed by atoms with Crippen molar-refractivity contribution in [2.75, 3.05) is 17.2 Å². The van der Waals surface area contributed by atoms with Gasteiger partial charge in [-0.3, -0.25) is 24.2 Å². The van der Waals surface area contributed by atoms with Crippen molar-refractivity contribution in [2.24, 2.45) is 0 Å². The molecule has 1 atom stereocenters. The van der Waals surface area contributed by atoms with Gasteiger partial charge < -0.3 is 20.7 Å². The molecule has 2 rings (SSSR count). The Morgan fingerprint density at radius 1 is 1.07 bits per heavy atom. The first-order chi connectivity index (χ1) is 13.7. The minimum absolute atomic E-state index is 0.0544. The fourth-order valence-corrected chi connectivity index (χ4v) is 2.31. The number of benzene rings is 1. The second kappa shape index (κ2) is 10.2. The van der Waals surface area contributed by atoms with Crippen molar-refractivity contribution in [3.05, 3.63) is 53.3 Å². The van der Waals surface area contributed by atoms with Gasteiger partial charge in [0.15, 0.2) is 6.10 Å². The number of ether oxygens (including phenoxy) is 1. The molecule has 0 aliphatic heterocycles. The quantitative estimate of drug-likeness (QED) is 0.590. The lowest BCUT2D eigenvalue weighted by atomic mass is 10.2. The number of carbonyl (C=O) groups excluding carboxylic acids is 4. The molecule has 3 N–H and O–H groups in total. The molecule has 0 aliphatic carbocycles. The fourth-order valence-electron chi connectivity index (χ4n) is 2.15. The third-order valence-corrected chi connectivity index (χ3v) is 3.73. The molecule has 0 fully saturated rings. The van der Waals surface area contributed by atoms with Gasteiger partial charge in [0.05, 0.1) is 0 Å². The molecule has 29 heavy (non-hydrogen) atoms. The topological polar surface area (TPSA) is 126 Å². The number of hydrogen-bond acceptors (Lipinski definition) is 6. The number of halogens is 1. The largest absolute Gasteiger partial charge is 0.451 e. The number of nitrogens with one attached hydrogen (secondary N) is 3. The van der Waals surface area contributed by atoms with Crippen LogP contribution in [-0.2, 0) is 19.1 Å². The van der Waals surface area contributed by atoms with Gasteiger partial charge in [-0.1, -0.05) is 11.6 Å². The predicted octanol–water partition coefficient (Wildman–Crippen LogP) is 1.99. The zero-order chi connectivity index (χ0) is 21.4. The first kappa shape index (κ1) is 21.8. The van der Waals surface area contributed by atoms with Gasteiger partial charge in [0.1, 0.15) is 12.2 Å². The molecule has 3 amide bonds. The van der Waals surface area contributed by atoms with Crippen LogP contribution in [0, 0.1) is 0 Å². The van der Waals surface area contributed by atoms with Crippen molar-refractivity contribution in [2.45, 2.75) is 20.0 Å². The van der Waals surface area contributed by atoms with Crippen molar-refractivity contribution in [3.63, 3.8) is 0 Å². The third kappa shape index (κ3) is 7.23. The number of amides is 3. The van der Waals surface area contributed by atoms with Crippen LogP contribution in [0.25, 0.3) is 0 Å². The highest BCUT2D eigenvalue weighted by Gasteiger charge is 2.19. The average molecular weight is 419 g/mol. The summed E-state index contributed by atoms with van der Waals surface area (Å²) < 4.78 is 5.00.